The molecule has 0 amide bonds. The summed E-state index contributed by atoms with van der Waals surface area (Å²) in [6.45, 7) is 6.38. The zero-order valence-electron chi connectivity index (χ0n) is 8.80. The molecule has 1 aromatic rings. The minimum atomic E-state index is 0.949. The van der Waals surface area contributed by atoms with E-state index in [9.17, 15) is 0 Å². The van der Waals surface area contributed by atoms with E-state index in [1.54, 1.807) is 0 Å². The van der Waals surface area contributed by atoms with Gasteiger partial charge < -0.3 is 5.32 Å². The fourth-order valence-electron chi connectivity index (χ4n) is 1.51. The van der Waals surface area contributed by atoms with Gasteiger partial charge in [0, 0.05) is 24.8 Å². The Morgan fingerprint density at radius 2 is 2.23 bits per heavy atom. The van der Waals surface area contributed by atoms with Crippen LogP contribution in [-0.4, -0.2) is 16.3 Å². The van der Waals surface area contributed by atoms with Gasteiger partial charge in [-0.25, -0.2) is 0 Å². The molecule has 0 aromatic carbocycles. The average molecular weight is 181 g/mol. The molecular formula is C10H19N3. The van der Waals surface area contributed by atoms with Crippen molar-refractivity contribution in [2.24, 2.45) is 7.05 Å². The van der Waals surface area contributed by atoms with Crippen molar-refractivity contribution in [1.29, 1.82) is 0 Å². The fourth-order valence-corrected chi connectivity index (χ4v) is 1.51. The fraction of sp³-hybridized carbons (Fsp3) is 0.700. The van der Waals surface area contributed by atoms with Crippen LogP contribution in [0.1, 0.15) is 31.5 Å². The number of rotatable bonds is 5. The Hall–Kier alpha value is -0.830. The van der Waals surface area contributed by atoms with Crippen molar-refractivity contribution in [1.82, 2.24) is 15.1 Å². The first kappa shape index (κ1) is 10.3. The Kier molecular flexibility index (Phi) is 3.96. The highest BCUT2D eigenvalue weighted by Gasteiger charge is 2.04. The summed E-state index contributed by atoms with van der Waals surface area (Å²) in [6.07, 6.45) is 4.20. The van der Waals surface area contributed by atoms with Crippen LogP contribution in [0.25, 0.3) is 0 Å². The van der Waals surface area contributed by atoms with Gasteiger partial charge in [-0.3, -0.25) is 4.68 Å². The number of hydrogen-bond donors (Lipinski definition) is 1. The van der Waals surface area contributed by atoms with Crippen molar-refractivity contribution < 1.29 is 0 Å². The topological polar surface area (TPSA) is 29.9 Å². The van der Waals surface area contributed by atoms with Crippen LogP contribution in [-0.2, 0) is 20.0 Å². The molecule has 0 atom stereocenters. The largest absolute Gasteiger partial charge is 0.313 e. The number of aryl methyl sites for hydroxylation is 1. The van der Waals surface area contributed by atoms with Crippen LogP contribution in [0.15, 0.2) is 6.20 Å². The Morgan fingerprint density at radius 1 is 1.46 bits per heavy atom. The molecule has 0 unspecified atom stereocenters. The summed E-state index contributed by atoms with van der Waals surface area (Å²) in [6, 6.07) is 0. The predicted octanol–water partition coefficient (Wildman–Crippen LogP) is 1.48. The standard InChI is InChI=1S/C10H19N3/c1-4-6-11-7-9-8-12-13(3)10(9)5-2/h8,11H,4-7H2,1-3H3. The monoisotopic (exact) mass is 181 g/mol. The highest BCUT2D eigenvalue weighted by molar-refractivity contribution is 5.17. The summed E-state index contributed by atoms with van der Waals surface area (Å²) in [5.74, 6) is 0. The van der Waals surface area contributed by atoms with Crippen LogP contribution in [0.5, 0.6) is 0 Å². The third-order valence-corrected chi connectivity index (χ3v) is 2.23. The first-order valence-electron chi connectivity index (χ1n) is 5.00. The average Bonchev–Trinajstić information content (AvgIpc) is 2.47. The Bertz CT molecular complexity index is 253. The van der Waals surface area contributed by atoms with Crippen molar-refractivity contribution >= 4 is 0 Å². The van der Waals surface area contributed by atoms with Crippen LogP contribution in [0.4, 0.5) is 0 Å². The minimum absolute atomic E-state index is 0.949. The summed E-state index contributed by atoms with van der Waals surface area (Å²) < 4.78 is 1.96. The van der Waals surface area contributed by atoms with Crippen molar-refractivity contribution in [2.45, 2.75) is 33.2 Å². The predicted molar refractivity (Wildman–Crippen MR) is 54.6 cm³/mol. The SMILES string of the molecule is CCCNCc1cnn(C)c1CC. The number of nitrogens with zero attached hydrogens (tertiary/aromatic N) is 2. The molecule has 74 valence electrons. The normalized spacial score (nSPS) is 10.7. The maximum atomic E-state index is 4.24. The summed E-state index contributed by atoms with van der Waals surface area (Å²) >= 11 is 0. The molecule has 0 saturated heterocycles. The van der Waals surface area contributed by atoms with E-state index in [1.165, 1.54) is 17.7 Å². The molecule has 1 rings (SSSR count). The third-order valence-electron chi connectivity index (χ3n) is 2.23. The summed E-state index contributed by atoms with van der Waals surface area (Å²) in [4.78, 5) is 0. The van der Waals surface area contributed by atoms with E-state index in [0.29, 0.717) is 0 Å². The Balaban J connectivity index is 2.55. The molecular weight excluding hydrogens is 162 g/mol. The first-order chi connectivity index (χ1) is 6.29. The summed E-state index contributed by atoms with van der Waals surface area (Å²) in [7, 11) is 2.00. The van der Waals surface area contributed by atoms with E-state index in [2.05, 4.69) is 24.3 Å². The van der Waals surface area contributed by atoms with Gasteiger partial charge in [0.25, 0.3) is 0 Å². The van der Waals surface area contributed by atoms with E-state index in [0.717, 1.165) is 19.5 Å². The number of nitrogens with one attached hydrogen (secondary N) is 1. The molecule has 3 nitrogen and oxygen atoms in total. The lowest BCUT2D eigenvalue weighted by Crippen LogP contribution is -2.14. The van der Waals surface area contributed by atoms with E-state index in [4.69, 9.17) is 0 Å². The van der Waals surface area contributed by atoms with Gasteiger partial charge in [0.2, 0.25) is 0 Å². The van der Waals surface area contributed by atoms with Gasteiger partial charge >= 0.3 is 0 Å². The maximum absolute atomic E-state index is 4.24. The van der Waals surface area contributed by atoms with E-state index >= 15 is 0 Å². The molecule has 1 heterocycles. The highest BCUT2D eigenvalue weighted by atomic mass is 15.3. The van der Waals surface area contributed by atoms with Gasteiger partial charge in [0.05, 0.1) is 6.20 Å². The van der Waals surface area contributed by atoms with Gasteiger partial charge in [-0.05, 0) is 19.4 Å². The first-order valence-corrected chi connectivity index (χ1v) is 5.00. The Labute approximate surface area is 80.1 Å². The Morgan fingerprint density at radius 3 is 2.85 bits per heavy atom. The van der Waals surface area contributed by atoms with Crippen molar-refractivity contribution in [3.63, 3.8) is 0 Å². The van der Waals surface area contributed by atoms with Crippen LogP contribution >= 0.6 is 0 Å². The summed E-state index contributed by atoms with van der Waals surface area (Å²) in [5.41, 5.74) is 2.67. The molecule has 0 saturated carbocycles. The van der Waals surface area contributed by atoms with Gasteiger partial charge in [0.1, 0.15) is 0 Å². The molecule has 13 heavy (non-hydrogen) atoms. The van der Waals surface area contributed by atoms with E-state index < -0.39 is 0 Å². The molecule has 0 aliphatic heterocycles. The molecule has 0 aliphatic rings. The van der Waals surface area contributed by atoms with Gasteiger partial charge in [-0.2, -0.15) is 5.10 Å². The highest BCUT2D eigenvalue weighted by Crippen LogP contribution is 2.07. The third kappa shape index (κ3) is 2.56. The van der Waals surface area contributed by atoms with Crippen LogP contribution in [0, 0.1) is 0 Å². The molecule has 0 spiro atoms. The van der Waals surface area contributed by atoms with E-state index in [1.807, 2.05) is 17.9 Å². The number of aromatic nitrogens is 2. The molecule has 0 bridgehead atoms. The zero-order chi connectivity index (χ0) is 9.68. The molecule has 3 heteroatoms. The second-order valence-electron chi connectivity index (χ2n) is 3.27. The lowest BCUT2D eigenvalue weighted by atomic mass is 10.2. The molecule has 0 aliphatic carbocycles. The second-order valence-corrected chi connectivity index (χ2v) is 3.27. The van der Waals surface area contributed by atoms with Crippen molar-refractivity contribution in [3.05, 3.63) is 17.5 Å². The zero-order valence-corrected chi connectivity index (χ0v) is 8.80. The van der Waals surface area contributed by atoms with Gasteiger partial charge in [0.15, 0.2) is 0 Å². The smallest absolute Gasteiger partial charge is 0.0537 e. The molecule has 0 fully saturated rings. The second kappa shape index (κ2) is 5.02. The molecule has 1 aromatic heterocycles. The molecule has 1 N–H and O–H groups in total. The maximum Gasteiger partial charge on any atom is 0.0537 e. The van der Waals surface area contributed by atoms with Crippen molar-refractivity contribution in [2.75, 3.05) is 6.54 Å². The molecule has 0 radical (unpaired) electrons. The lowest BCUT2D eigenvalue weighted by Gasteiger charge is -2.04. The quantitative estimate of drug-likeness (QED) is 0.697. The van der Waals surface area contributed by atoms with Crippen LogP contribution < -0.4 is 5.32 Å². The number of hydrogen-bond acceptors (Lipinski definition) is 2. The van der Waals surface area contributed by atoms with Crippen LogP contribution in [0.3, 0.4) is 0 Å². The summed E-state index contributed by atoms with van der Waals surface area (Å²) in [5, 5.41) is 7.63. The van der Waals surface area contributed by atoms with Gasteiger partial charge in [-0.15, -0.1) is 0 Å². The van der Waals surface area contributed by atoms with Crippen molar-refractivity contribution in [3.8, 4) is 0 Å². The van der Waals surface area contributed by atoms with Gasteiger partial charge in [-0.1, -0.05) is 13.8 Å². The minimum Gasteiger partial charge on any atom is -0.313 e. The van der Waals surface area contributed by atoms with E-state index in [-0.39, 0.29) is 0 Å². The lowest BCUT2D eigenvalue weighted by molar-refractivity contribution is 0.664. The van der Waals surface area contributed by atoms with Crippen LogP contribution in [0.2, 0.25) is 0 Å².